The summed E-state index contributed by atoms with van der Waals surface area (Å²) in [6, 6.07) is 3.36. The Kier molecular flexibility index (Phi) is 5.72. The number of ether oxygens (including phenoxy) is 1. The van der Waals surface area contributed by atoms with Gasteiger partial charge in [0, 0.05) is 12.0 Å². The number of hydrogen-bond donors (Lipinski definition) is 1. The van der Waals surface area contributed by atoms with Crippen molar-refractivity contribution in [3.8, 4) is 5.75 Å². The smallest absolute Gasteiger partial charge is 0.416 e. The van der Waals surface area contributed by atoms with E-state index in [0.717, 1.165) is 12.1 Å². The lowest BCUT2D eigenvalue weighted by atomic mass is 9.98. The molecule has 3 nitrogen and oxygen atoms in total. The maximum absolute atomic E-state index is 12.8. The number of rotatable bonds is 6. The number of benzene rings is 1. The third-order valence-electron chi connectivity index (χ3n) is 3.88. The van der Waals surface area contributed by atoms with Crippen LogP contribution < -0.4 is 4.74 Å². The molecule has 0 aliphatic carbocycles. The van der Waals surface area contributed by atoms with E-state index in [9.17, 15) is 23.1 Å². The zero-order chi connectivity index (χ0) is 18.6. The molecule has 0 fully saturated rings. The van der Waals surface area contributed by atoms with E-state index >= 15 is 0 Å². The van der Waals surface area contributed by atoms with Gasteiger partial charge >= 0.3 is 12.1 Å². The number of carboxylic acids is 1. The molecular formula is C19H19F3O3. The number of carboxylic acid groups (broad SMARTS) is 1. The van der Waals surface area contributed by atoms with Crippen LogP contribution in [0.4, 0.5) is 13.2 Å². The van der Waals surface area contributed by atoms with Crippen molar-refractivity contribution in [2.45, 2.75) is 38.5 Å². The van der Waals surface area contributed by atoms with Gasteiger partial charge in [-0.05, 0) is 41.8 Å². The molecule has 1 N–H and O–H groups in total. The Morgan fingerprint density at radius 2 is 2.16 bits per heavy atom. The van der Waals surface area contributed by atoms with Gasteiger partial charge in [0.05, 0.1) is 5.56 Å². The maximum Gasteiger partial charge on any atom is 0.416 e. The van der Waals surface area contributed by atoms with Gasteiger partial charge < -0.3 is 9.84 Å². The molecule has 134 valence electrons. The Morgan fingerprint density at radius 1 is 1.44 bits per heavy atom. The average molecular weight is 352 g/mol. The van der Waals surface area contributed by atoms with Gasteiger partial charge in [-0.3, -0.25) is 0 Å². The van der Waals surface area contributed by atoms with E-state index in [4.69, 9.17) is 4.74 Å². The lowest BCUT2D eigenvalue weighted by Gasteiger charge is -2.13. The summed E-state index contributed by atoms with van der Waals surface area (Å²) in [6.07, 6.45) is 1.00. The second-order valence-electron chi connectivity index (χ2n) is 5.76. The molecule has 1 atom stereocenters. The molecule has 25 heavy (non-hydrogen) atoms. The summed E-state index contributed by atoms with van der Waals surface area (Å²) in [5.41, 5.74) is 0.532. The minimum Gasteiger partial charge on any atom is -0.485 e. The van der Waals surface area contributed by atoms with Crippen molar-refractivity contribution in [1.29, 1.82) is 0 Å². The SMILES string of the molecule is C=C/C=C(\C=C(/CCC)C(=O)O)C1Cc2cc(C(F)(F)F)ccc2O1. The van der Waals surface area contributed by atoms with E-state index in [-0.39, 0.29) is 12.0 Å². The first-order chi connectivity index (χ1) is 11.8. The van der Waals surface area contributed by atoms with E-state index in [1.54, 1.807) is 6.08 Å². The molecule has 1 heterocycles. The summed E-state index contributed by atoms with van der Waals surface area (Å²) in [7, 11) is 0. The molecule has 2 rings (SSSR count). The van der Waals surface area contributed by atoms with Crippen LogP contribution in [0, 0.1) is 0 Å². The highest BCUT2D eigenvalue weighted by Gasteiger charge is 2.33. The normalized spacial score (nSPS) is 17.8. The van der Waals surface area contributed by atoms with Crippen LogP contribution in [0.5, 0.6) is 5.75 Å². The predicted molar refractivity (Wildman–Crippen MR) is 88.5 cm³/mol. The summed E-state index contributed by atoms with van der Waals surface area (Å²) in [5, 5.41) is 9.28. The largest absolute Gasteiger partial charge is 0.485 e. The van der Waals surface area contributed by atoms with E-state index in [2.05, 4.69) is 6.58 Å². The van der Waals surface area contributed by atoms with E-state index in [1.165, 1.54) is 18.2 Å². The Hall–Kier alpha value is -2.50. The van der Waals surface area contributed by atoms with Crippen molar-refractivity contribution in [3.63, 3.8) is 0 Å². The number of fused-ring (bicyclic) bond motifs is 1. The van der Waals surface area contributed by atoms with Gasteiger partial charge in [0.1, 0.15) is 11.9 Å². The van der Waals surface area contributed by atoms with Gasteiger partial charge in [-0.15, -0.1) is 0 Å². The van der Waals surface area contributed by atoms with Gasteiger partial charge in [0.15, 0.2) is 0 Å². The Labute approximate surface area is 144 Å². The molecular weight excluding hydrogens is 333 g/mol. The third-order valence-corrected chi connectivity index (χ3v) is 3.88. The minimum absolute atomic E-state index is 0.228. The van der Waals surface area contributed by atoms with Gasteiger partial charge in [-0.1, -0.05) is 32.1 Å². The highest BCUT2D eigenvalue weighted by Crippen LogP contribution is 2.37. The van der Waals surface area contributed by atoms with Crippen molar-refractivity contribution >= 4 is 5.97 Å². The van der Waals surface area contributed by atoms with Crippen molar-refractivity contribution in [1.82, 2.24) is 0 Å². The molecule has 0 bridgehead atoms. The lowest BCUT2D eigenvalue weighted by molar-refractivity contribution is -0.137. The van der Waals surface area contributed by atoms with Crippen LogP contribution >= 0.6 is 0 Å². The van der Waals surface area contributed by atoms with E-state index in [1.807, 2.05) is 6.92 Å². The van der Waals surface area contributed by atoms with Crippen LogP contribution in [-0.4, -0.2) is 17.2 Å². The van der Waals surface area contributed by atoms with Crippen LogP contribution in [-0.2, 0) is 17.4 Å². The fourth-order valence-electron chi connectivity index (χ4n) is 2.71. The van der Waals surface area contributed by atoms with Crippen molar-refractivity contribution in [3.05, 3.63) is 65.3 Å². The predicted octanol–water partition coefficient (Wildman–Crippen LogP) is 4.93. The summed E-state index contributed by atoms with van der Waals surface area (Å²) < 4.78 is 44.2. The van der Waals surface area contributed by atoms with E-state index in [0.29, 0.717) is 29.7 Å². The van der Waals surface area contributed by atoms with Gasteiger partial charge in [-0.25, -0.2) is 4.79 Å². The molecule has 0 aromatic heterocycles. The monoisotopic (exact) mass is 352 g/mol. The molecule has 0 saturated carbocycles. The first-order valence-electron chi connectivity index (χ1n) is 7.89. The summed E-state index contributed by atoms with van der Waals surface area (Å²) >= 11 is 0. The highest BCUT2D eigenvalue weighted by molar-refractivity contribution is 5.87. The average Bonchev–Trinajstić information content (AvgIpc) is 2.95. The highest BCUT2D eigenvalue weighted by atomic mass is 19.4. The van der Waals surface area contributed by atoms with Gasteiger partial charge in [0.2, 0.25) is 0 Å². The number of halogens is 3. The van der Waals surface area contributed by atoms with Crippen LogP contribution in [0.3, 0.4) is 0 Å². The lowest BCUT2D eigenvalue weighted by Crippen LogP contribution is -2.16. The van der Waals surface area contributed by atoms with Crippen molar-refractivity contribution in [2.75, 3.05) is 0 Å². The Bertz CT molecular complexity index is 730. The van der Waals surface area contributed by atoms with Crippen molar-refractivity contribution in [2.24, 2.45) is 0 Å². The first-order valence-corrected chi connectivity index (χ1v) is 7.89. The molecule has 1 aliphatic rings. The topological polar surface area (TPSA) is 46.5 Å². The molecule has 0 spiro atoms. The van der Waals surface area contributed by atoms with Crippen LogP contribution in [0.1, 0.15) is 30.9 Å². The molecule has 0 radical (unpaired) electrons. The number of carbonyl (C=O) groups is 1. The van der Waals surface area contributed by atoms with E-state index < -0.39 is 23.8 Å². The molecule has 1 aromatic rings. The number of hydrogen-bond acceptors (Lipinski definition) is 2. The molecule has 1 aliphatic heterocycles. The number of aliphatic carboxylic acids is 1. The zero-order valence-electron chi connectivity index (χ0n) is 13.8. The fourth-order valence-corrected chi connectivity index (χ4v) is 2.71. The third kappa shape index (κ3) is 4.53. The number of allylic oxidation sites excluding steroid dienone is 2. The molecule has 0 amide bonds. The standard InChI is InChI=1S/C19H19F3O3/c1-3-5-12(9-13(6-4-2)18(23)24)17-11-14-10-15(19(20,21)22)7-8-16(14)25-17/h3,5,7-10,17H,1,4,6,11H2,2H3,(H,23,24)/b12-5+,13-9+. The maximum atomic E-state index is 12.8. The first kappa shape index (κ1) is 18.8. The van der Waals surface area contributed by atoms with Gasteiger partial charge in [-0.2, -0.15) is 13.2 Å². The summed E-state index contributed by atoms with van der Waals surface area (Å²) in [4.78, 5) is 11.3. The Morgan fingerprint density at radius 3 is 2.72 bits per heavy atom. The quantitative estimate of drug-likeness (QED) is 0.583. The minimum atomic E-state index is -4.41. The van der Waals surface area contributed by atoms with Gasteiger partial charge in [0.25, 0.3) is 0 Å². The van der Waals surface area contributed by atoms with Crippen LogP contribution in [0.15, 0.2) is 54.2 Å². The summed E-state index contributed by atoms with van der Waals surface area (Å²) in [5.74, 6) is -0.639. The van der Waals surface area contributed by atoms with Crippen LogP contribution in [0.2, 0.25) is 0 Å². The fraction of sp³-hybridized carbons (Fsp3) is 0.316. The molecule has 1 unspecified atom stereocenters. The van der Waals surface area contributed by atoms with Crippen LogP contribution in [0.25, 0.3) is 0 Å². The second kappa shape index (κ2) is 7.59. The second-order valence-corrected chi connectivity index (χ2v) is 5.76. The molecule has 1 aromatic carbocycles. The number of alkyl halides is 3. The van der Waals surface area contributed by atoms with Crippen molar-refractivity contribution < 1.29 is 27.8 Å². The zero-order valence-corrected chi connectivity index (χ0v) is 13.8. The molecule has 0 saturated heterocycles. The summed E-state index contributed by atoms with van der Waals surface area (Å²) in [6.45, 7) is 5.48. The Balaban J connectivity index is 2.30. The molecule has 6 heteroatoms.